The highest BCUT2D eigenvalue weighted by Crippen LogP contribution is 2.38. The molecule has 0 nitrogen and oxygen atoms in total. The standard InChI is InChI=1S/C25H36/c1-3-5-7-9-20-10-13-22(14-11-20)24-17-16-23-18-21(8-6-4-2)12-15-25(23)19-24/h12,15-20,22H,3-11,13-14H2,1-2H3/t20-,22-. The summed E-state index contributed by atoms with van der Waals surface area (Å²) in [7, 11) is 0. The van der Waals surface area contributed by atoms with Crippen molar-refractivity contribution < 1.29 is 0 Å². The van der Waals surface area contributed by atoms with E-state index >= 15 is 0 Å². The van der Waals surface area contributed by atoms with Crippen LogP contribution in [0.15, 0.2) is 36.4 Å². The van der Waals surface area contributed by atoms with Gasteiger partial charge in [0, 0.05) is 0 Å². The lowest BCUT2D eigenvalue weighted by Gasteiger charge is -2.29. The first-order valence-electron chi connectivity index (χ1n) is 10.8. The van der Waals surface area contributed by atoms with Crippen LogP contribution in [-0.2, 0) is 6.42 Å². The molecule has 2 aromatic rings. The Morgan fingerprint density at radius 1 is 0.760 bits per heavy atom. The zero-order valence-corrected chi connectivity index (χ0v) is 16.4. The van der Waals surface area contributed by atoms with E-state index in [1.165, 1.54) is 87.0 Å². The number of aryl methyl sites for hydroxylation is 1. The Hall–Kier alpha value is -1.30. The van der Waals surface area contributed by atoms with Crippen LogP contribution < -0.4 is 0 Å². The fourth-order valence-corrected chi connectivity index (χ4v) is 4.57. The molecule has 1 aliphatic rings. The largest absolute Gasteiger partial charge is 0.0654 e. The molecule has 0 aromatic heterocycles. The van der Waals surface area contributed by atoms with Crippen molar-refractivity contribution in [3.63, 3.8) is 0 Å². The van der Waals surface area contributed by atoms with Gasteiger partial charge in [0.2, 0.25) is 0 Å². The van der Waals surface area contributed by atoms with Gasteiger partial charge in [-0.3, -0.25) is 0 Å². The normalized spacial score (nSPS) is 20.9. The second-order valence-corrected chi connectivity index (χ2v) is 8.26. The molecule has 0 heterocycles. The quantitative estimate of drug-likeness (QED) is 0.428. The molecule has 25 heavy (non-hydrogen) atoms. The van der Waals surface area contributed by atoms with Gasteiger partial charge in [0.05, 0.1) is 0 Å². The first kappa shape index (κ1) is 18.5. The smallest absolute Gasteiger partial charge is 0.0162 e. The topological polar surface area (TPSA) is 0 Å². The van der Waals surface area contributed by atoms with Crippen LogP contribution in [0, 0.1) is 5.92 Å². The van der Waals surface area contributed by atoms with Crippen LogP contribution in [-0.4, -0.2) is 0 Å². The molecule has 2 aromatic carbocycles. The third kappa shape index (κ3) is 5.09. The van der Waals surface area contributed by atoms with E-state index in [4.69, 9.17) is 0 Å². The number of unbranched alkanes of at least 4 members (excludes halogenated alkanes) is 3. The van der Waals surface area contributed by atoms with Gasteiger partial charge in [-0.25, -0.2) is 0 Å². The lowest BCUT2D eigenvalue weighted by Crippen LogP contribution is -2.13. The zero-order valence-electron chi connectivity index (χ0n) is 16.4. The summed E-state index contributed by atoms with van der Waals surface area (Å²) >= 11 is 0. The fourth-order valence-electron chi connectivity index (χ4n) is 4.57. The average Bonchev–Trinajstić information content (AvgIpc) is 2.66. The Kier molecular flexibility index (Phi) is 6.96. The molecule has 0 unspecified atom stereocenters. The van der Waals surface area contributed by atoms with Crippen molar-refractivity contribution in [2.45, 2.75) is 90.4 Å². The molecule has 0 spiro atoms. The van der Waals surface area contributed by atoms with Gasteiger partial charge < -0.3 is 0 Å². The molecule has 0 N–H and O–H groups in total. The monoisotopic (exact) mass is 336 g/mol. The van der Waals surface area contributed by atoms with E-state index in [9.17, 15) is 0 Å². The van der Waals surface area contributed by atoms with Crippen LogP contribution in [0.2, 0.25) is 0 Å². The molecule has 0 saturated heterocycles. The molecule has 0 amide bonds. The fraction of sp³-hybridized carbons (Fsp3) is 0.600. The van der Waals surface area contributed by atoms with E-state index < -0.39 is 0 Å². The molecule has 3 rings (SSSR count). The molecule has 136 valence electrons. The van der Waals surface area contributed by atoms with Gasteiger partial charge >= 0.3 is 0 Å². The number of hydrogen-bond donors (Lipinski definition) is 0. The van der Waals surface area contributed by atoms with Crippen LogP contribution in [0.25, 0.3) is 10.8 Å². The summed E-state index contributed by atoms with van der Waals surface area (Å²) in [5, 5.41) is 2.86. The molecule has 1 aliphatic carbocycles. The van der Waals surface area contributed by atoms with E-state index in [1.54, 1.807) is 5.56 Å². The van der Waals surface area contributed by atoms with Gasteiger partial charge in [0.15, 0.2) is 0 Å². The van der Waals surface area contributed by atoms with Crippen LogP contribution in [0.4, 0.5) is 0 Å². The van der Waals surface area contributed by atoms with E-state index in [0.717, 1.165) is 11.8 Å². The highest BCUT2D eigenvalue weighted by atomic mass is 14.3. The van der Waals surface area contributed by atoms with Gasteiger partial charge in [0.1, 0.15) is 0 Å². The van der Waals surface area contributed by atoms with Crippen molar-refractivity contribution in [1.82, 2.24) is 0 Å². The number of fused-ring (bicyclic) bond motifs is 1. The van der Waals surface area contributed by atoms with Gasteiger partial charge in [0.25, 0.3) is 0 Å². The molecular formula is C25H36. The maximum absolute atomic E-state index is 2.47. The van der Waals surface area contributed by atoms with E-state index in [2.05, 4.69) is 50.2 Å². The average molecular weight is 337 g/mol. The molecule has 0 radical (unpaired) electrons. The molecule has 1 fully saturated rings. The van der Waals surface area contributed by atoms with Crippen LogP contribution in [0.5, 0.6) is 0 Å². The summed E-state index contributed by atoms with van der Waals surface area (Å²) in [4.78, 5) is 0. The summed E-state index contributed by atoms with van der Waals surface area (Å²) in [5.41, 5.74) is 3.08. The van der Waals surface area contributed by atoms with Crippen molar-refractivity contribution in [2.24, 2.45) is 5.92 Å². The summed E-state index contributed by atoms with van der Waals surface area (Å²) < 4.78 is 0. The van der Waals surface area contributed by atoms with Crippen LogP contribution >= 0.6 is 0 Å². The van der Waals surface area contributed by atoms with Crippen molar-refractivity contribution in [2.75, 3.05) is 0 Å². The van der Waals surface area contributed by atoms with Crippen LogP contribution in [0.3, 0.4) is 0 Å². The SMILES string of the molecule is CCCCC[C@H]1CC[C@H](c2ccc3cc(CCCC)ccc3c2)CC1. The third-order valence-electron chi connectivity index (χ3n) is 6.28. The first-order valence-corrected chi connectivity index (χ1v) is 10.8. The molecule has 0 aliphatic heterocycles. The third-order valence-corrected chi connectivity index (χ3v) is 6.28. The second kappa shape index (κ2) is 9.41. The van der Waals surface area contributed by atoms with Gasteiger partial charge in [-0.05, 0) is 72.3 Å². The highest BCUT2D eigenvalue weighted by Gasteiger charge is 2.22. The lowest BCUT2D eigenvalue weighted by atomic mass is 9.77. The lowest BCUT2D eigenvalue weighted by molar-refractivity contribution is 0.303. The Balaban J connectivity index is 1.60. The van der Waals surface area contributed by atoms with Gasteiger partial charge in [-0.2, -0.15) is 0 Å². The van der Waals surface area contributed by atoms with Gasteiger partial charge in [-0.15, -0.1) is 0 Å². The molecule has 1 saturated carbocycles. The van der Waals surface area contributed by atoms with Crippen LogP contribution in [0.1, 0.15) is 95.1 Å². The number of hydrogen-bond acceptors (Lipinski definition) is 0. The van der Waals surface area contributed by atoms with E-state index in [-0.39, 0.29) is 0 Å². The second-order valence-electron chi connectivity index (χ2n) is 8.26. The van der Waals surface area contributed by atoms with E-state index in [1.807, 2.05) is 0 Å². The molecule has 0 heteroatoms. The van der Waals surface area contributed by atoms with Crippen molar-refractivity contribution in [1.29, 1.82) is 0 Å². The predicted molar refractivity (Wildman–Crippen MR) is 111 cm³/mol. The Bertz CT molecular complexity index is 646. The molecule has 0 bridgehead atoms. The molecule has 0 atom stereocenters. The minimum absolute atomic E-state index is 0.798. The maximum Gasteiger partial charge on any atom is -0.0162 e. The summed E-state index contributed by atoms with van der Waals surface area (Å²) in [5.74, 6) is 1.80. The minimum Gasteiger partial charge on any atom is -0.0654 e. The van der Waals surface area contributed by atoms with Gasteiger partial charge in [-0.1, -0.05) is 82.3 Å². The highest BCUT2D eigenvalue weighted by molar-refractivity contribution is 5.84. The minimum atomic E-state index is 0.798. The Morgan fingerprint density at radius 2 is 1.48 bits per heavy atom. The Labute approximate surface area is 155 Å². The summed E-state index contributed by atoms with van der Waals surface area (Å²) in [6.07, 6.45) is 15.2. The van der Waals surface area contributed by atoms with Crippen molar-refractivity contribution >= 4 is 10.8 Å². The van der Waals surface area contributed by atoms with Crippen molar-refractivity contribution in [3.05, 3.63) is 47.5 Å². The summed E-state index contributed by atoms with van der Waals surface area (Å²) in [6.45, 7) is 4.58. The number of rotatable bonds is 8. The predicted octanol–water partition coefficient (Wildman–Crippen LogP) is 8.04. The van der Waals surface area contributed by atoms with Crippen molar-refractivity contribution in [3.8, 4) is 0 Å². The summed E-state index contributed by atoms with van der Waals surface area (Å²) in [6, 6.07) is 14.3. The molecular weight excluding hydrogens is 300 g/mol. The number of benzene rings is 2. The first-order chi connectivity index (χ1) is 12.3. The van der Waals surface area contributed by atoms with E-state index in [0.29, 0.717) is 0 Å². The zero-order chi connectivity index (χ0) is 17.5. The Morgan fingerprint density at radius 3 is 2.24 bits per heavy atom. The maximum atomic E-state index is 2.47.